The molecule has 33 heavy (non-hydrogen) atoms. The van der Waals surface area contributed by atoms with Crippen LogP contribution >= 0.6 is 0 Å². The van der Waals surface area contributed by atoms with Crippen LogP contribution in [0, 0.1) is 5.82 Å². The van der Waals surface area contributed by atoms with Crippen molar-refractivity contribution in [3.05, 3.63) is 53.5 Å². The third kappa shape index (κ3) is 4.46. The molecule has 4 rings (SSSR count). The summed E-state index contributed by atoms with van der Waals surface area (Å²) >= 11 is 0. The Hall–Kier alpha value is -2.94. The van der Waals surface area contributed by atoms with Crippen molar-refractivity contribution in [2.45, 2.75) is 44.9 Å². The molecular formula is C24H29FN4O3S. The van der Waals surface area contributed by atoms with Gasteiger partial charge in [-0.15, -0.1) is 0 Å². The number of hydrogen-bond donors (Lipinski definition) is 1. The highest BCUT2D eigenvalue weighted by atomic mass is 32.2. The lowest BCUT2D eigenvalue weighted by molar-refractivity contribution is 0.0965. The summed E-state index contributed by atoms with van der Waals surface area (Å²) in [7, 11) is -1.95. The molecule has 0 spiro atoms. The van der Waals surface area contributed by atoms with Gasteiger partial charge in [-0.1, -0.05) is 19.3 Å². The van der Waals surface area contributed by atoms with E-state index in [0.29, 0.717) is 34.6 Å². The molecular weight excluding hydrogens is 443 g/mol. The van der Waals surface area contributed by atoms with Gasteiger partial charge in [-0.05, 0) is 61.6 Å². The summed E-state index contributed by atoms with van der Waals surface area (Å²) in [6, 6.07) is 7.75. The maximum atomic E-state index is 13.5. The van der Waals surface area contributed by atoms with Gasteiger partial charge in [-0.25, -0.2) is 17.3 Å². The van der Waals surface area contributed by atoms with Crippen LogP contribution in [0.15, 0.2) is 36.5 Å². The van der Waals surface area contributed by atoms with E-state index < -0.39 is 10.0 Å². The second kappa shape index (κ2) is 9.13. The van der Waals surface area contributed by atoms with Crippen LogP contribution in [-0.4, -0.2) is 43.8 Å². The SMILES string of the molecule is CCN(c1cn2nc(-c3ccc(F)cc3)c(C(=O)NC)c2cc1C1CCCCC1)S(C)(=O)=O. The number of hydrogen-bond acceptors (Lipinski definition) is 4. The maximum absolute atomic E-state index is 13.5. The van der Waals surface area contributed by atoms with Gasteiger partial charge in [0.15, 0.2) is 0 Å². The van der Waals surface area contributed by atoms with E-state index in [9.17, 15) is 17.6 Å². The Kier molecular flexibility index (Phi) is 6.43. The van der Waals surface area contributed by atoms with Crippen LogP contribution in [0.2, 0.25) is 0 Å². The molecule has 0 saturated heterocycles. The molecule has 0 aliphatic heterocycles. The third-order valence-corrected chi connectivity index (χ3v) is 7.61. The van der Waals surface area contributed by atoms with E-state index in [2.05, 4.69) is 10.4 Å². The first-order valence-electron chi connectivity index (χ1n) is 11.3. The van der Waals surface area contributed by atoms with E-state index in [1.165, 1.54) is 29.1 Å². The third-order valence-electron chi connectivity index (χ3n) is 6.35. The Balaban J connectivity index is 2.02. The maximum Gasteiger partial charge on any atom is 0.255 e. The molecule has 1 aromatic carbocycles. The molecule has 0 atom stereocenters. The lowest BCUT2D eigenvalue weighted by Crippen LogP contribution is -2.31. The second-order valence-electron chi connectivity index (χ2n) is 8.52. The summed E-state index contributed by atoms with van der Waals surface area (Å²) < 4.78 is 41.7. The molecule has 2 heterocycles. The van der Waals surface area contributed by atoms with E-state index >= 15 is 0 Å². The quantitative estimate of drug-likeness (QED) is 0.579. The first kappa shape index (κ1) is 23.2. The Morgan fingerprint density at radius 3 is 2.45 bits per heavy atom. The van der Waals surface area contributed by atoms with Crippen LogP contribution < -0.4 is 9.62 Å². The number of nitrogens with zero attached hydrogens (tertiary/aromatic N) is 3. The van der Waals surface area contributed by atoms with Gasteiger partial charge in [-0.3, -0.25) is 9.10 Å². The number of carbonyl (C=O) groups excluding carboxylic acids is 1. The van der Waals surface area contributed by atoms with Crippen molar-refractivity contribution in [1.82, 2.24) is 14.9 Å². The summed E-state index contributed by atoms with van der Waals surface area (Å²) in [5, 5.41) is 7.32. The molecule has 1 aliphatic carbocycles. The number of nitrogens with one attached hydrogen (secondary N) is 1. The number of anilines is 1. The van der Waals surface area contributed by atoms with Crippen LogP contribution in [-0.2, 0) is 10.0 Å². The van der Waals surface area contributed by atoms with Crippen molar-refractivity contribution in [1.29, 1.82) is 0 Å². The molecule has 9 heteroatoms. The summed E-state index contributed by atoms with van der Waals surface area (Å²) in [6.07, 6.45) is 8.20. The topological polar surface area (TPSA) is 83.8 Å². The summed E-state index contributed by atoms with van der Waals surface area (Å²) in [5.74, 6) is -0.476. The molecule has 7 nitrogen and oxygen atoms in total. The summed E-state index contributed by atoms with van der Waals surface area (Å²) in [6.45, 7) is 2.09. The lowest BCUT2D eigenvalue weighted by Gasteiger charge is -2.29. The van der Waals surface area contributed by atoms with Crippen LogP contribution in [0.4, 0.5) is 10.1 Å². The van der Waals surface area contributed by atoms with Crippen molar-refractivity contribution >= 4 is 27.1 Å². The molecule has 1 saturated carbocycles. The van der Waals surface area contributed by atoms with E-state index in [0.717, 1.165) is 31.2 Å². The number of rotatable bonds is 6. The van der Waals surface area contributed by atoms with Crippen LogP contribution in [0.5, 0.6) is 0 Å². The van der Waals surface area contributed by atoms with Crippen molar-refractivity contribution in [2.24, 2.45) is 0 Å². The largest absolute Gasteiger partial charge is 0.355 e. The Labute approximate surface area is 193 Å². The highest BCUT2D eigenvalue weighted by Gasteiger charge is 2.28. The fourth-order valence-electron chi connectivity index (χ4n) is 4.79. The Morgan fingerprint density at radius 2 is 1.88 bits per heavy atom. The standard InChI is InChI=1S/C24H29FN4O3S/c1-4-29(33(3,31)32)21-15-28-20(14-19(21)16-8-6-5-7-9-16)22(24(30)26-2)23(27-28)17-10-12-18(25)13-11-17/h10-16H,4-9H2,1-3H3,(H,26,30). The van der Waals surface area contributed by atoms with Gasteiger partial charge < -0.3 is 5.32 Å². The van der Waals surface area contributed by atoms with Crippen molar-refractivity contribution in [3.63, 3.8) is 0 Å². The van der Waals surface area contributed by atoms with E-state index in [1.807, 2.05) is 6.07 Å². The van der Waals surface area contributed by atoms with E-state index in [4.69, 9.17) is 0 Å². The number of amides is 1. The van der Waals surface area contributed by atoms with Gasteiger partial charge >= 0.3 is 0 Å². The Bertz CT molecular complexity index is 1280. The molecule has 1 fully saturated rings. The molecule has 0 unspecified atom stereocenters. The van der Waals surface area contributed by atoms with E-state index in [1.54, 1.807) is 36.8 Å². The zero-order valence-corrected chi connectivity index (χ0v) is 20.0. The minimum atomic E-state index is -3.51. The molecule has 176 valence electrons. The number of sulfonamides is 1. The smallest absolute Gasteiger partial charge is 0.255 e. The molecule has 1 amide bonds. The molecule has 2 aromatic heterocycles. The zero-order valence-electron chi connectivity index (χ0n) is 19.1. The summed E-state index contributed by atoms with van der Waals surface area (Å²) in [4.78, 5) is 12.9. The number of halogens is 1. The second-order valence-corrected chi connectivity index (χ2v) is 10.4. The van der Waals surface area contributed by atoms with Gasteiger partial charge in [0.1, 0.15) is 11.5 Å². The predicted octanol–water partition coefficient (Wildman–Crippen LogP) is 4.33. The minimum absolute atomic E-state index is 0.205. The van der Waals surface area contributed by atoms with Gasteiger partial charge in [0.05, 0.1) is 29.2 Å². The number of fused-ring (bicyclic) bond motifs is 1. The number of pyridine rings is 1. The predicted molar refractivity (Wildman–Crippen MR) is 128 cm³/mol. The highest BCUT2D eigenvalue weighted by molar-refractivity contribution is 7.92. The fraction of sp³-hybridized carbons (Fsp3) is 0.417. The molecule has 0 radical (unpaired) electrons. The molecule has 1 N–H and O–H groups in total. The minimum Gasteiger partial charge on any atom is -0.355 e. The lowest BCUT2D eigenvalue weighted by atomic mass is 9.83. The zero-order chi connectivity index (χ0) is 23.8. The van der Waals surface area contributed by atoms with Gasteiger partial charge in [0.2, 0.25) is 10.0 Å². The molecule has 0 bridgehead atoms. The van der Waals surface area contributed by atoms with Crippen molar-refractivity contribution < 1.29 is 17.6 Å². The van der Waals surface area contributed by atoms with Gasteiger partial charge in [0, 0.05) is 19.2 Å². The number of benzene rings is 1. The van der Waals surface area contributed by atoms with Crippen LogP contribution in [0.1, 0.15) is 60.9 Å². The van der Waals surface area contributed by atoms with Crippen molar-refractivity contribution in [3.8, 4) is 11.3 Å². The summed E-state index contributed by atoms with van der Waals surface area (Å²) in [5.41, 5.74) is 3.53. The average molecular weight is 473 g/mol. The van der Waals surface area contributed by atoms with Gasteiger partial charge in [0.25, 0.3) is 5.91 Å². The van der Waals surface area contributed by atoms with Crippen LogP contribution in [0.25, 0.3) is 16.8 Å². The normalized spacial score (nSPS) is 15.0. The number of carbonyl (C=O) groups is 1. The van der Waals surface area contributed by atoms with Gasteiger partial charge in [-0.2, -0.15) is 5.10 Å². The Morgan fingerprint density at radius 1 is 1.21 bits per heavy atom. The first-order valence-corrected chi connectivity index (χ1v) is 13.1. The fourth-order valence-corrected chi connectivity index (χ4v) is 5.77. The van der Waals surface area contributed by atoms with Crippen LogP contribution in [0.3, 0.4) is 0 Å². The first-order chi connectivity index (χ1) is 15.7. The van der Waals surface area contributed by atoms with Crippen molar-refractivity contribution in [2.75, 3.05) is 24.2 Å². The molecule has 3 aromatic rings. The molecule has 1 aliphatic rings. The number of aromatic nitrogens is 2. The van der Waals surface area contributed by atoms with E-state index in [-0.39, 0.29) is 17.6 Å². The average Bonchev–Trinajstić information content (AvgIpc) is 3.17. The highest BCUT2D eigenvalue weighted by Crippen LogP contribution is 2.40. The monoisotopic (exact) mass is 472 g/mol.